The Labute approximate surface area is 93.6 Å². The summed E-state index contributed by atoms with van der Waals surface area (Å²) >= 11 is 3.43. The highest BCUT2D eigenvalue weighted by Crippen LogP contribution is 2.28. The van der Waals surface area contributed by atoms with E-state index in [9.17, 15) is 0 Å². The van der Waals surface area contributed by atoms with Gasteiger partial charge in [0.05, 0.1) is 6.61 Å². The zero-order chi connectivity index (χ0) is 10.6. The van der Waals surface area contributed by atoms with Gasteiger partial charge < -0.3 is 10.5 Å². The van der Waals surface area contributed by atoms with Crippen LogP contribution in [0.5, 0.6) is 5.75 Å². The Morgan fingerprint density at radius 2 is 2.14 bits per heavy atom. The van der Waals surface area contributed by atoms with Crippen molar-refractivity contribution in [3.63, 3.8) is 0 Å². The second-order valence-corrected chi connectivity index (χ2v) is 4.05. The van der Waals surface area contributed by atoms with Gasteiger partial charge in [0, 0.05) is 16.1 Å². The van der Waals surface area contributed by atoms with E-state index in [4.69, 9.17) is 10.5 Å². The molecule has 0 amide bonds. The molecular formula is C11H16BrNO. The van der Waals surface area contributed by atoms with E-state index in [1.807, 2.05) is 25.1 Å². The van der Waals surface area contributed by atoms with Crippen molar-refractivity contribution in [1.29, 1.82) is 0 Å². The van der Waals surface area contributed by atoms with E-state index in [-0.39, 0.29) is 6.04 Å². The number of hydrogen-bond donors (Lipinski definition) is 1. The standard InChI is InChI=1S/C11H16BrNO/c1-3-10(13)9-7-8(12)5-6-11(9)14-4-2/h5-7,10H,3-4,13H2,1-2H3/t10-/m1/s1. The van der Waals surface area contributed by atoms with Crippen molar-refractivity contribution in [3.05, 3.63) is 28.2 Å². The Morgan fingerprint density at radius 1 is 1.43 bits per heavy atom. The summed E-state index contributed by atoms with van der Waals surface area (Å²) in [4.78, 5) is 0. The van der Waals surface area contributed by atoms with Crippen LogP contribution in [0.2, 0.25) is 0 Å². The van der Waals surface area contributed by atoms with Crippen LogP contribution in [0, 0.1) is 0 Å². The first-order chi connectivity index (χ1) is 6.69. The molecule has 3 heteroatoms. The predicted molar refractivity (Wildman–Crippen MR) is 62.5 cm³/mol. The predicted octanol–water partition coefficient (Wildman–Crippen LogP) is 3.26. The van der Waals surface area contributed by atoms with Crippen molar-refractivity contribution < 1.29 is 4.74 Å². The highest BCUT2D eigenvalue weighted by atomic mass is 79.9. The molecule has 2 N–H and O–H groups in total. The molecule has 0 aromatic heterocycles. The van der Waals surface area contributed by atoms with Crippen molar-refractivity contribution >= 4 is 15.9 Å². The van der Waals surface area contributed by atoms with Crippen LogP contribution in [0.15, 0.2) is 22.7 Å². The zero-order valence-corrected chi connectivity index (χ0v) is 10.2. The molecule has 14 heavy (non-hydrogen) atoms. The number of rotatable bonds is 4. The Balaban J connectivity index is 3.02. The maximum atomic E-state index is 5.99. The van der Waals surface area contributed by atoms with Gasteiger partial charge in [-0.25, -0.2) is 0 Å². The summed E-state index contributed by atoms with van der Waals surface area (Å²) in [7, 11) is 0. The number of benzene rings is 1. The molecule has 1 atom stereocenters. The number of halogens is 1. The van der Waals surface area contributed by atoms with E-state index >= 15 is 0 Å². The van der Waals surface area contributed by atoms with Crippen LogP contribution >= 0.6 is 15.9 Å². The van der Waals surface area contributed by atoms with Crippen LogP contribution in [0.25, 0.3) is 0 Å². The molecule has 0 saturated carbocycles. The van der Waals surface area contributed by atoms with Gasteiger partial charge in [0.1, 0.15) is 5.75 Å². The van der Waals surface area contributed by atoms with E-state index < -0.39 is 0 Å². The van der Waals surface area contributed by atoms with E-state index in [1.165, 1.54) is 0 Å². The molecule has 78 valence electrons. The molecule has 1 aromatic rings. The maximum Gasteiger partial charge on any atom is 0.124 e. The number of ether oxygens (including phenoxy) is 1. The van der Waals surface area contributed by atoms with E-state index in [1.54, 1.807) is 0 Å². The van der Waals surface area contributed by atoms with Crippen molar-refractivity contribution in [2.24, 2.45) is 5.73 Å². The molecule has 0 aliphatic heterocycles. The van der Waals surface area contributed by atoms with Crippen molar-refractivity contribution in [2.45, 2.75) is 26.3 Å². The fraction of sp³-hybridized carbons (Fsp3) is 0.455. The van der Waals surface area contributed by atoms with Gasteiger partial charge in [0.15, 0.2) is 0 Å². The third-order valence-electron chi connectivity index (χ3n) is 2.11. The van der Waals surface area contributed by atoms with Crippen LogP contribution in [-0.2, 0) is 0 Å². The molecule has 0 radical (unpaired) electrons. The smallest absolute Gasteiger partial charge is 0.124 e. The van der Waals surface area contributed by atoms with Crippen LogP contribution in [0.3, 0.4) is 0 Å². The lowest BCUT2D eigenvalue weighted by atomic mass is 10.0. The van der Waals surface area contributed by atoms with Gasteiger partial charge in [-0.15, -0.1) is 0 Å². The van der Waals surface area contributed by atoms with E-state index in [0.717, 1.165) is 22.2 Å². The van der Waals surface area contributed by atoms with Crippen molar-refractivity contribution in [2.75, 3.05) is 6.61 Å². The first kappa shape index (κ1) is 11.5. The fourth-order valence-electron chi connectivity index (χ4n) is 1.32. The molecule has 1 rings (SSSR count). The molecule has 1 aromatic carbocycles. The Morgan fingerprint density at radius 3 is 2.71 bits per heavy atom. The minimum atomic E-state index is 0.0500. The highest BCUT2D eigenvalue weighted by molar-refractivity contribution is 9.10. The molecule has 0 unspecified atom stereocenters. The molecule has 0 aliphatic rings. The van der Waals surface area contributed by atoms with Gasteiger partial charge in [0.2, 0.25) is 0 Å². The van der Waals surface area contributed by atoms with Crippen molar-refractivity contribution in [3.8, 4) is 5.75 Å². The zero-order valence-electron chi connectivity index (χ0n) is 8.59. The average Bonchev–Trinajstić information content (AvgIpc) is 2.20. The van der Waals surface area contributed by atoms with E-state index in [2.05, 4.69) is 22.9 Å². The maximum absolute atomic E-state index is 5.99. The van der Waals surface area contributed by atoms with Gasteiger partial charge in [-0.1, -0.05) is 22.9 Å². The Kier molecular flexibility index (Phi) is 4.42. The minimum absolute atomic E-state index is 0.0500. The summed E-state index contributed by atoms with van der Waals surface area (Å²) < 4.78 is 6.56. The first-order valence-electron chi connectivity index (χ1n) is 4.86. The van der Waals surface area contributed by atoms with Crippen LogP contribution < -0.4 is 10.5 Å². The quantitative estimate of drug-likeness (QED) is 0.899. The van der Waals surface area contributed by atoms with Gasteiger partial charge >= 0.3 is 0 Å². The molecule has 0 aliphatic carbocycles. The SMILES string of the molecule is CCOc1ccc(Br)cc1[C@H](N)CC. The lowest BCUT2D eigenvalue weighted by Gasteiger charge is -2.15. The van der Waals surface area contributed by atoms with Crippen LogP contribution in [0.4, 0.5) is 0 Å². The molecule has 0 saturated heterocycles. The topological polar surface area (TPSA) is 35.2 Å². The molecular weight excluding hydrogens is 242 g/mol. The lowest BCUT2D eigenvalue weighted by Crippen LogP contribution is -2.10. The van der Waals surface area contributed by atoms with Crippen LogP contribution in [0.1, 0.15) is 31.9 Å². The highest BCUT2D eigenvalue weighted by Gasteiger charge is 2.10. The Hall–Kier alpha value is -0.540. The summed E-state index contributed by atoms with van der Waals surface area (Å²) in [5, 5.41) is 0. The summed E-state index contributed by atoms with van der Waals surface area (Å²) in [5.74, 6) is 0.894. The molecule has 0 bridgehead atoms. The number of nitrogens with two attached hydrogens (primary N) is 1. The summed E-state index contributed by atoms with van der Waals surface area (Å²) in [6, 6.07) is 6.00. The molecule has 0 heterocycles. The molecule has 2 nitrogen and oxygen atoms in total. The fourth-order valence-corrected chi connectivity index (χ4v) is 1.69. The lowest BCUT2D eigenvalue weighted by molar-refractivity contribution is 0.333. The minimum Gasteiger partial charge on any atom is -0.494 e. The first-order valence-corrected chi connectivity index (χ1v) is 5.66. The van der Waals surface area contributed by atoms with Gasteiger partial charge in [-0.05, 0) is 31.5 Å². The second-order valence-electron chi connectivity index (χ2n) is 3.13. The third-order valence-corrected chi connectivity index (χ3v) is 2.60. The van der Waals surface area contributed by atoms with Gasteiger partial charge in [-0.2, -0.15) is 0 Å². The summed E-state index contributed by atoms with van der Waals surface area (Å²) in [5.41, 5.74) is 7.07. The van der Waals surface area contributed by atoms with Gasteiger partial charge in [0.25, 0.3) is 0 Å². The normalized spacial score (nSPS) is 12.6. The average molecular weight is 258 g/mol. The summed E-state index contributed by atoms with van der Waals surface area (Å²) in [6.45, 7) is 4.72. The number of hydrogen-bond acceptors (Lipinski definition) is 2. The second kappa shape index (κ2) is 5.37. The third kappa shape index (κ3) is 2.72. The monoisotopic (exact) mass is 257 g/mol. The van der Waals surface area contributed by atoms with Crippen LogP contribution in [-0.4, -0.2) is 6.61 Å². The summed E-state index contributed by atoms with van der Waals surface area (Å²) in [6.07, 6.45) is 0.913. The van der Waals surface area contributed by atoms with Gasteiger partial charge in [-0.3, -0.25) is 0 Å². The Bertz CT molecular complexity index is 301. The van der Waals surface area contributed by atoms with Crippen molar-refractivity contribution in [1.82, 2.24) is 0 Å². The molecule has 0 spiro atoms. The largest absolute Gasteiger partial charge is 0.494 e. The van der Waals surface area contributed by atoms with E-state index in [0.29, 0.717) is 6.61 Å². The molecule has 0 fully saturated rings.